The molecule has 4 heterocycles. The second-order valence-electron chi connectivity index (χ2n) is 21.4. The first-order valence-electron chi connectivity index (χ1n) is 28.6. The fourth-order valence-corrected chi connectivity index (χ4v) is 17.5. The molecule has 4 aromatic heterocycles. The summed E-state index contributed by atoms with van der Waals surface area (Å²) in [4.78, 5) is 16.9. The predicted molar refractivity (Wildman–Crippen MR) is 347 cm³/mol. The van der Waals surface area contributed by atoms with E-state index in [-0.39, 0.29) is 80.1 Å². The van der Waals surface area contributed by atoms with Crippen LogP contribution in [0.3, 0.4) is 0 Å². The van der Waals surface area contributed by atoms with Crippen LogP contribution in [0.1, 0.15) is 124 Å². The van der Waals surface area contributed by atoms with E-state index in [9.17, 15) is 34.7 Å². The zero-order valence-corrected chi connectivity index (χ0v) is 55.8. The Balaban J connectivity index is 1.33. The molecule has 87 heavy (non-hydrogen) atoms. The minimum absolute atomic E-state index is 0.0188. The van der Waals surface area contributed by atoms with Gasteiger partial charge in [-0.1, -0.05) is 76.8 Å². The lowest BCUT2D eigenvalue weighted by molar-refractivity contribution is 0.545. The topological polar surface area (TPSA) is 309 Å². The third-order valence-electron chi connectivity index (χ3n) is 14.4. The predicted octanol–water partition coefficient (Wildman–Crippen LogP) is 13.5. The highest BCUT2D eigenvalue weighted by Crippen LogP contribution is 2.47. The number of unbranched alkanes of at least 4 members (excludes halogenated alkanes) is 4. The van der Waals surface area contributed by atoms with Crippen LogP contribution in [0, 0.1) is 64.6 Å². The maximum absolute atomic E-state index is 14.8. The molecule has 8 aromatic rings. The molecule has 0 aliphatic heterocycles. The molecule has 0 bridgehead atoms. The Labute approximate surface area is 518 Å². The molecule has 0 saturated heterocycles. The molecule has 28 heteroatoms. The number of rotatable bonds is 28. The third-order valence-corrected chi connectivity index (χ3v) is 22.6. The van der Waals surface area contributed by atoms with Gasteiger partial charge in [0.1, 0.15) is 33.9 Å². The van der Waals surface area contributed by atoms with Crippen molar-refractivity contribution >= 4 is 118 Å². The summed E-state index contributed by atoms with van der Waals surface area (Å²) in [6.45, 7) is 20.9. The number of azo groups is 1. The Kier molecular flexibility index (Phi) is 20.8. The molecule has 0 saturated carbocycles. The number of nitrogens with zero attached hydrogens (tertiary/aromatic N) is 9. The smallest absolute Gasteiger partial charge is 0.241 e. The maximum Gasteiger partial charge on any atom is 0.241 e. The number of aromatic nitrogens is 5. The van der Waals surface area contributed by atoms with E-state index in [2.05, 4.69) is 30.7 Å². The van der Waals surface area contributed by atoms with E-state index in [0.29, 0.717) is 107 Å². The second-order valence-corrected chi connectivity index (χ2v) is 30.4. The zero-order chi connectivity index (χ0) is 63.3. The molecule has 1 unspecified atom stereocenters. The van der Waals surface area contributed by atoms with Gasteiger partial charge in [-0.25, -0.2) is 63.4 Å². The van der Waals surface area contributed by atoms with Gasteiger partial charge in [0.05, 0.1) is 57.8 Å². The van der Waals surface area contributed by atoms with Crippen LogP contribution in [0.15, 0.2) is 79.5 Å². The molecule has 0 radical (unpaired) electrons. The highest BCUT2D eigenvalue weighted by Gasteiger charge is 2.32. The van der Waals surface area contributed by atoms with Crippen LogP contribution in [0.5, 0.6) is 5.75 Å². The minimum atomic E-state index is -4.25. The molecule has 22 nitrogen and oxygen atoms in total. The van der Waals surface area contributed by atoms with E-state index in [1.165, 1.54) is 22.1 Å². The first-order valence-corrected chi connectivity index (χ1v) is 36.4. The molecule has 0 spiro atoms. The first kappa shape index (κ1) is 66.1. The second kappa shape index (κ2) is 27.3. The maximum atomic E-state index is 14.8. The first-order chi connectivity index (χ1) is 41.2. The van der Waals surface area contributed by atoms with Crippen LogP contribution in [-0.4, -0.2) is 86.6 Å². The minimum Gasteiger partial charge on any atom is -0.396 e. The normalized spacial score (nSPS) is 13.0. The van der Waals surface area contributed by atoms with Gasteiger partial charge in [0.2, 0.25) is 45.2 Å². The number of thiazole rings is 2. The van der Waals surface area contributed by atoms with Gasteiger partial charge in [-0.05, 0) is 144 Å². The monoisotopic (exact) mass is 1300 g/mol. The highest BCUT2D eigenvalue weighted by molar-refractivity contribution is 7.90. The number of aryl methyl sites for hydroxylation is 6. The number of fused-ring (bicyclic) bond motifs is 2. The van der Waals surface area contributed by atoms with Gasteiger partial charge >= 0.3 is 0 Å². The summed E-state index contributed by atoms with van der Waals surface area (Å²) in [7, 11) is -13.8. The van der Waals surface area contributed by atoms with Gasteiger partial charge in [0, 0.05) is 38.4 Å². The summed E-state index contributed by atoms with van der Waals surface area (Å²) in [5.41, 5.74) is 5.92. The van der Waals surface area contributed by atoms with Gasteiger partial charge in [-0.15, -0.1) is 21.6 Å². The SMILES string of the molecule is CCCCNS(=O)(=O)c1ccc2nc(-c3c(N(C)c4cc(C)c(N=Nc5c(C#N)c(C)nn5-c5nc6ccc(OS(=N)(=O)CCCC)cc6s5)c(Nc5c(C)cc(C)c(S(=O)(=O)NCCCC)c5C)n4)c(C)cc(C)c3S(=O)(=O)NCCCC)sc2c1. The van der Waals surface area contributed by atoms with E-state index < -0.39 is 40.1 Å². The summed E-state index contributed by atoms with van der Waals surface area (Å²) in [5.74, 6) is 0.763. The molecule has 8 rings (SSSR count). The van der Waals surface area contributed by atoms with Gasteiger partial charge < -0.3 is 14.4 Å². The van der Waals surface area contributed by atoms with Crippen molar-refractivity contribution in [2.75, 3.05) is 42.7 Å². The fourth-order valence-electron chi connectivity index (χ4n) is 10.1. The highest BCUT2D eigenvalue weighted by atomic mass is 32.2. The lowest BCUT2D eigenvalue weighted by Crippen LogP contribution is -2.27. The van der Waals surface area contributed by atoms with Crippen LogP contribution in [0.4, 0.5) is 34.5 Å². The average Bonchev–Trinajstić information content (AvgIpc) is 1.94. The standard InChI is InChI=1S/C59H74N14O8S6/c1-13-17-25-62-85(75,76)43-22-24-45-48(33-43)82-58(65-45)50-53(37(7)30-39(9)55(50)87(79,80)64-27-19-15-3)72(12)49-31-36(6)52(56(67-49)68-51-35(5)29-38(8)54(40(51)10)86(77,78)63-26-18-14-2)69-70-57-44(34-60)41(11)71-73(57)59-66-46-23-21-42(32-47(46)83-59)81-84(61,74)28-20-16-4/h21-24,29-33,61-64H,13-20,25-28H2,1-12H3,(H,67,68). The van der Waals surface area contributed by atoms with Crippen molar-refractivity contribution in [2.24, 2.45) is 10.2 Å². The average molecular weight is 1300 g/mol. The molecule has 0 aliphatic carbocycles. The van der Waals surface area contributed by atoms with Gasteiger partial charge in [0.15, 0.2) is 11.6 Å². The van der Waals surface area contributed by atoms with Crippen molar-refractivity contribution in [1.82, 2.24) is 38.9 Å². The number of hydrogen-bond donors (Lipinski definition) is 5. The summed E-state index contributed by atoms with van der Waals surface area (Å²) < 4.78 is 122. The van der Waals surface area contributed by atoms with E-state index >= 15 is 0 Å². The summed E-state index contributed by atoms with van der Waals surface area (Å²) in [6, 6.07) is 17.1. The molecule has 0 fully saturated rings. The molecule has 0 aliphatic rings. The van der Waals surface area contributed by atoms with Crippen molar-refractivity contribution in [2.45, 2.75) is 142 Å². The van der Waals surface area contributed by atoms with Crippen LogP contribution >= 0.6 is 22.7 Å². The van der Waals surface area contributed by atoms with Crippen LogP contribution in [-0.2, 0) is 40.1 Å². The van der Waals surface area contributed by atoms with Crippen molar-refractivity contribution in [3.05, 3.63) is 99.2 Å². The number of benzene rings is 4. The van der Waals surface area contributed by atoms with Gasteiger partial charge in [0.25, 0.3) is 0 Å². The van der Waals surface area contributed by atoms with Crippen molar-refractivity contribution in [1.29, 1.82) is 10.0 Å². The largest absolute Gasteiger partial charge is 0.396 e. The summed E-state index contributed by atoms with van der Waals surface area (Å²) in [6.07, 6.45) is 5.51. The summed E-state index contributed by atoms with van der Waals surface area (Å²) in [5, 5.41) is 28.9. The van der Waals surface area contributed by atoms with Gasteiger partial charge in [-0.2, -0.15) is 15.0 Å². The number of hydrogen-bond acceptors (Lipinski definition) is 20. The Morgan fingerprint density at radius 3 is 1.90 bits per heavy atom. The molecular formula is C59H74N14O8S6. The molecular weight excluding hydrogens is 1230 g/mol. The van der Waals surface area contributed by atoms with Crippen molar-refractivity contribution in [3.8, 4) is 27.5 Å². The number of pyridine rings is 1. The van der Waals surface area contributed by atoms with Crippen LogP contribution in [0.2, 0.25) is 0 Å². The molecule has 1 atom stereocenters. The number of sulfonamides is 3. The molecule has 4 aromatic carbocycles. The Hall–Kier alpha value is -6.81. The van der Waals surface area contributed by atoms with E-state index in [0.717, 1.165) is 37.0 Å². The number of nitrogens with one attached hydrogen (secondary N) is 5. The Bertz CT molecular complexity index is 4480. The Morgan fingerprint density at radius 1 is 0.667 bits per heavy atom. The lowest BCUT2D eigenvalue weighted by Gasteiger charge is -2.27. The Morgan fingerprint density at radius 2 is 1.25 bits per heavy atom. The third kappa shape index (κ3) is 14.5. The van der Waals surface area contributed by atoms with Crippen molar-refractivity contribution < 1.29 is 33.6 Å². The molecule has 5 N–H and O–H groups in total. The van der Waals surface area contributed by atoms with E-state index in [1.54, 1.807) is 95.1 Å². The summed E-state index contributed by atoms with van der Waals surface area (Å²) >= 11 is 2.36. The van der Waals surface area contributed by atoms with Crippen LogP contribution < -0.4 is 28.6 Å². The number of anilines is 4. The quantitative estimate of drug-likeness (QED) is 0.0225. The zero-order valence-electron chi connectivity index (χ0n) is 50.9. The van der Waals surface area contributed by atoms with E-state index in [4.69, 9.17) is 34.1 Å². The van der Waals surface area contributed by atoms with E-state index in [1.807, 2.05) is 41.5 Å². The lowest BCUT2D eigenvalue weighted by atomic mass is 10.0. The van der Waals surface area contributed by atoms with Crippen LogP contribution in [0.25, 0.3) is 36.1 Å². The van der Waals surface area contributed by atoms with Crippen molar-refractivity contribution in [3.63, 3.8) is 0 Å². The fraction of sp³-hybridized carbons (Fsp3) is 0.407. The number of nitriles is 1. The molecule has 0 amide bonds. The van der Waals surface area contributed by atoms with Gasteiger partial charge in [-0.3, -0.25) is 0 Å². The molecule has 464 valence electrons.